The summed E-state index contributed by atoms with van der Waals surface area (Å²) < 4.78 is 3.67. The second-order valence-electron chi connectivity index (χ2n) is 6.17. The molecule has 0 spiro atoms. The first-order valence-corrected chi connectivity index (χ1v) is 9.28. The van der Waals surface area contributed by atoms with Gasteiger partial charge in [0.15, 0.2) is 0 Å². The van der Waals surface area contributed by atoms with Crippen LogP contribution in [0.25, 0.3) is 16.9 Å². The molecule has 0 unspecified atom stereocenters. The van der Waals surface area contributed by atoms with E-state index in [0.717, 1.165) is 38.9 Å². The van der Waals surface area contributed by atoms with Crippen molar-refractivity contribution >= 4 is 11.3 Å². The lowest BCUT2D eigenvalue weighted by atomic mass is 10.0. The Morgan fingerprint density at radius 3 is 2.65 bits per heavy atom. The van der Waals surface area contributed by atoms with Crippen LogP contribution >= 0.6 is 11.3 Å². The maximum absolute atomic E-state index is 4.40. The maximum Gasteiger partial charge on any atom is 0.139 e. The molecule has 0 saturated carbocycles. The van der Waals surface area contributed by atoms with Gasteiger partial charge in [-0.1, -0.05) is 29.5 Å². The molecule has 4 rings (SSSR count). The molecule has 3 heterocycles. The van der Waals surface area contributed by atoms with Gasteiger partial charge in [0, 0.05) is 18.0 Å². The number of hydrogen-bond acceptors (Lipinski definition) is 6. The monoisotopic (exact) mass is 365 g/mol. The van der Waals surface area contributed by atoms with Gasteiger partial charge in [-0.2, -0.15) is 5.10 Å². The van der Waals surface area contributed by atoms with Crippen LogP contribution < -0.4 is 0 Å². The Kier molecular flexibility index (Phi) is 4.34. The molecule has 8 heteroatoms. The molecule has 7 nitrogen and oxygen atoms in total. The van der Waals surface area contributed by atoms with Gasteiger partial charge in [0.25, 0.3) is 0 Å². The first kappa shape index (κ1) is 16.6. The van der Waals surface area contributed by atoms with Crippen LogP contribution in [-0.4, -0.2) is 35.0 Å². The largest absolute Gasteiger partial charge is 0.245 e. The van der Waals surface area contributed by atoms with Crippen LogP contribution in [0.2, 0.25) is 0 Å². The SMILES string of the molecule is CCc1nnc(Cn2cc(-c3c(C)cc(C)cc3-n3cccn3)nn2)s1. The molecule has 0 radical (unpaired) electrons. The average Bonchev–Trinajstić information content (AvgIpc) is 3.36. The molecule has 0 bridgehead atoms. The zero-order chi connectivity index (χ0) is 18.1. The number of aromatic nitrogens is 7. The molecule has 0 aliphatic heterocycles. The van der Waals surface area contributed by atoms with E-state index in [1.54, 1.807) is 22.2 Å². The summed E-state index contributed by atoms with van der Waals surface area (Å²) in [7, 11) is 0. The molecule has 1 aromatic carbocycles. The lowest BCUT2D eigenvalue weighted by Gasteiger charge is -2.12. The fourth-order valence-electron chi connectivity index (χ4n) is 2.99. The van der Waals surface area contributed by atoms with E-state index in [1.165, 1.54) is 5.56 Å². The fraction of sp³-hybridized carbons (Fsp3) is 0.278. The molecule has 4 aromatic rings. The van der Waals surface area contributed by atoms with E-state index < -0.39 is 0 Å². The van der Waals surface area contributed by atoms with Gasteiger partial charge >= 0.3 is 0 Å². The Labute approximate surface area is 155 Å². The summed E-state index contributed by atoms with van der Waals surface area (Å²) >= 11 is 1.61. The summed E-state index contributed by atoms with van der Waals surface area (Å²) in [4.78, 5) is 0. The van der Waals surface area contributed by atoms with Crippen LogP contribution in [0.15, 0.2) is 36.8 Å². The number of hydrogen-bond donors (Lipinski definition) is 0. The van der Waals surface area contributed by atoms with Crippen molar-refractivity contribution in [2.24, 2.45) is 0 Å². The Morgan fingerprint density at radius 1 is 1.08 bits per heavy atom. The van der Waals surface area contributed by atoms with Gasteiger partial charge in [-0.3, -0.25) is 0 Å². The first-order chi connectivity index (χ1) is 12.6. The van der Waals surface area contributed by atoms with Crippen LogP contribution in [0, 0.1) is 13.8 Å². The number of aryl methyl sites for hydroxylation is 3. The van der Waals surface area contributed by atoms with Gasteiger partial charge in [-0.25, -0.2) is 9.36 Å². The van der Waals surface area contributed by atoms with E-state index in [1.807, 2.05) is 23.1 Å². The number of rotatable bonds is 5. The molecule has 0 amide bonds. The fourth-order valence-corrected chi connectivity index (χ4v) is 3.77. The van der Waals surface area contributed by atoms with Crippen molar-refractivity contribution in [1.29, 1.82) is 0 Å². The van der Waals surface area contributed by atoms with Crippen LogP contribution in [0.5, 0.6) is 0 Å². The highest BCUT2D eigenvalue weighted by atomic mass is 32.1. The van der Waals surface area contributed by atoms with E-state index in [9.17, 15) is 0 Å². The minimum atomic E-state index is 0.576. The second kappa shape index (κ2) is 6.80. The molecule has 26 heavy (non-hydrogen) atoms. The molecule has 0 fully saturated rings. The first-order valence-electron chi connectivity index (χ1n) is 8.47. The van der Waals surface area contributed by atoms with Gasteiger partial charge in [0.2, 0.25) is 0 Å². The van der Waals surface area contributed by atoms with E-state index in [2.05, 4.69) is 58.5 Å². The number of benzene rings is 1. The van der Waals surface area contributed by atoms with Gasteiger partial charge in [0.1, 0.15) is 15.7 Å². The quantitative estimate of drug-likeness (QED) is 0.543. The topological polar surface area (TPSA) is 74.3 Å². The minimum absolute atomic E-state index is 0.576. The molecule has 0 atom stereocenters. The lowest BCUT2D eigenvalue weighted by Crippen LogP contribution is -2.01. The molecule has 132 valence electrons. The third-order valence-electron chi connectivity index (χ3n) is 4.11. The van der Waals surface area contributed by atoms with E-state index >= 15 is 0 Å². The molecule has 0 N–H and O–H groups in total. The molecular formula is C18H19N7S. The van der Waals surface area contributed by atoms with Crippen LogP contribution in [0.1, 0.15) is 28.1 Å². The highest BCUT2D eigenvalue weighted by Gasteiger charge is 2.15. The van der Waals surface area contributed by atoms with Crippen LogP contribution in [0.4, 0.5) is 0 Å². The summed E-state index contributed by atoms with van der Waals surface area (Å²) in [6, 6.07) is 6.19. The molecular weight excluding hydrogens is 346 g/mol. The predicted molar refractivity (Wildman–Crippen MR) is 100 cm³/mol. The van der Waals surface area contributed by atoms with E-state index in [4.69, 9.17) is 0 Å². The predicted octanol–water partition coefficient (Wildman–Crippen LogP) is 3.21. The van der Waals surface area contributed by atoms with Crippen molar-refractivity contribution in [3.05, 3.63) is 57.9 Å². The summed E-state index contributed by atoms with van der Waals surface area (Å²) in [5.41, 5.74) is 5.20. The number of nitrogens with zero attached hydrogens (tertiary/aromatic N) is 7. The van der Waals surface area contributed by atoms with Crippen LogP contribution in [0.3, 0.4) is 0 Å². The lowest BCUT2D eigenvalue weighted by molar-refractivity contribution is 0.642. The van der Waals surface area contributed by atoms with Gasteiger partial charge in [0.05, 0.1) is 18.4 Å². The van der Waals surface area contributed by atoms with Crippen molar-refractivity contribution in [1.82, 2.24) is 35.0 Å². The summed E-state index contributed by atoms with van der Waals surface area (Å²) in [5.74, 6) is 0. The standard InChI is InChI=1S/C18H19N7S/c1-4-16-21-22-17(26-16)11-24-10-14(20-23-24)18-13(3)8-12(2)9-15(18)25-7-5-6-19-25/h5-10H,4,11H2,1-3H3. The Hall–Kier alpha value is -2.87. The van der Waals surface area contributed by atoms with Crippen molar-refractivity contribution in [3.8, 4) is 16.9 Å². The second-order valence-corrected chi connectivity index (χ2v) is 7.32. The van der Waals surface area contributed by atoms with Crippen molar-refractivity contribution in [2.75, 3.05) is 0 Å². The third kappa shape index (κ3) is 3.15. The smallest absolute Gasteiger partial charge is 0.139 e. The van der Waals surface area contributed by atoms with Gasteiger partial charge < -0.3 is 0 Å². The maximum atomic E-state index is 4.40. The van der Waals surface area contributed by atoms with E-state index in [-0.39, 0.29) is 0 Å². The molecule has 3 aromatic heterocycles. The van der Waals surface area contributed by atoms with E-state index in [0.29, 0.717) is 6.54 Å². The van der Waals surface area contributed by atoms with Crippen molar-refractivity contribution in [3.63, 3.8) is 0 Å². The highest BCUT2D eigenvalue weighted by molar-refractivity contribution is 7.11. The summed E-state index contributed by atoms with van der Waals surface area (Å²) in [6.07, 6.45) is 6.57. The summed E-state index contributed by atoms with van der Waals surface area (Å²) in [6.45, 7) is 6.83. The van der Waals surface area contributed by atoms with Gasteiger partial charge in [-0.15, -0.1) is 15.3 Å². The third-order valence-corrected chi connectivity index (χ3v) is 5.17. The zero-order valence-corrected chi connectivity index (χ0v) is 15.7. The van der Waals surface area contributed by atoms with Crippen LogP contribution in [-0.2, 0) is 13.0 Å². The normalized spacial score (nSPS) is 11.2. The Morgan fingerprint density at radius 2 is 1.92 bits per heavy atom. The minimum Gasteiger partial charge on any atom is -0.245 e. The molecule has 0 saturated heterocycles. The van der Waals surface area contributed by atoms with Crippen molar-refractivity contribution in [2.45, 2.75) is 33.7 Å². The average molecular weight is 365 g/mol. The highest BCUT2D eigenvalue weighted by Crippen LogP contribution is 2.29. The molecule has 0 aliphatic rings. The zero-order valence-electron chi connectivity index (χ0n) is 14.9. The Bertz CT molecular complexity index is 1030. The summed E-state index contributed by atoms with van der Waals surface area (Å²) in [5, 5.41) is 23.4. The van der Waals surface area contributed by atoms with Crippen molar-refractivity contribution < 1.29 is 0 Å². The van der Waals surface area contributed by atoms with Gasteiger partial charge in [-0.05, 0) is 43.5 Å². The Balaban J connectivity index is 1.71. The molecule has 0 aliphatic carbocycles.